The molecule has 0 fully saturated rings. The first-order valence-electron chi connectivity index (χ1n) is 10.6. The number of benzene rings is 1. The number of unbranched alkanes of at least 4 members (excludes halogenated alkanes) is 6. The third kappa shape index (κ3) is 7.94. The Kier molecular flexibility index (Phi) is 8.84. The van der Waals surface area contributed by atoms with Crippen LogP contribution in [-0.4, -0.2) is 11.1 Å². The van der Waals surface area contributed by atoms with E-state index in [2.05, 4.69) is 48.5 Å². The maximum absolute atomic E-state index is 12.3. The molecule has 27 heavy (non-hydrogen) atoms. The minimum atomic E-state index is -0.259. The maximum atomic E-state index is 12.3. The van der Waals surface area contributed by atoms with Gasteiger partial charge in [-0.1, -0.05) is 93.1 Å². The molecule has 0 aliphatic rings. The van der Waals surface area contributed by atoms with Crippen molar-refractivity contribution in [3.8, 4) is 11.5 Å². The van der Waals surface area contributed by atoms with Crippen LogP contribution in [0.3, 0.4) is 0 Å². The highest BCUT2D eigenvalue weighted by molar-refractivity contribution is 5.73. The van der Waals surface area contributed by atoms with E-state index in [1.165, 1.54) is 32.1 Å². The summed E-state index contributed by atoms with van der Waals surface area (Å²) in [4.78, 5) is 12.3. The van der Waals surface area contributed by atoms with Gasteiger partial charge < -0.3 is 9.84 Å². The predicted octanol–water partition coefficient (Wildman–Crippen LogP) is 7.03. The molecule has 1 aromatic rings. The molecule has 0 aliphatic heterocycles. The molecule has 154 valence electrons. The maximum Gasteiger partial charge on any atom is 0.311 e. The van der Waals surface area contributed by atoms with E-state index in [9.17, 15) is 9.90 Å². The Labute approximate surface area is 166 Å². The van der Waals surface area contributed by atoms with Crippen LogP contribution >= 0.6 is 0 Å². The van der Waals surface area contributed by atoms with Crippen molar-refractivity contribution in [2.75, 3.05) is 0 Å². The molecule has 0 heterocycles. The molecule has 0 aromatic heterocycles. The van der Waals surface area contributed by atoms with Crippen molar-refractivity contribution >= 4 is 5.97 Å². The first kappa shape index (κ1) is 23.5. The summed E-state index contributed by atoms with van der Waals surface area (Å²) < 4.78 is 5.57. The molecular formula is C24H40O3. The molecule has 1 aromatic carbocycles. The lowest BCUT2D eigenvalue weighted by Crippen LogP contribution is -2.18. The van der Waals surface area contributed by atoms with Crippen LogP contribution in [-0.2, 0) is 15.6 Å². The summed E-state index contributed by atoms with van der Waals surface area (Å²) in [5.41, 5.74) is 1.55. The number of esters is 1. The van der Waals surface area contributed by atoms with Gasteiger partial charge in [0.2, 0.25) is 0 Å². The van der Waals surface area contributed by atoms with Crippen molar-refractivity contribution in [2.24, 2.45) is 0 Å². The van der Waals surface area contributed by atoms with Crippen molar-refractivity contribution in [2.45, 2.75) is 111 Å². The molecule has 3 heteroatoms. The fourth-order valence-corrected chi connectivity index (χ4v) is 3.09. The van der Waals surface area contributed by atoms with Crippen LogP contribution in [0.5, 0.6) is 11.5 Å². The highest BCUT2D eigenvalue weighted by Gasteiger charge is 2.26. The van der Waals surface area contributed by atoms with Gasteiger partial charge in [-0.15, -0.1) is 0 Å². The van der Waals surface area contributed by atoms with Crippen LogP contribution in [0.25, 0.3) is 0 Å². The first-order chi connectivity index (χ1) is 12.5. The number of aromatic hydroxyl groups is 1. The second-order valence-electron chi connectivity index (χ2n) is 9.72. The molecule has 0 aliphatic carbocycles. The summed E-state index contributed by atoms with van der Waals surface area (Å²) in [6, 6.07) is 3.84. The topological polar surface area (TPSA) is 46.5 Å². The van der Waals surface area contributed by atoms with E-state index in [4.69, 9.17) is 4.74 Å². The average molecular weight is 377 g/mol. The highest BCUT2D eigenvalue weighted by Crippen LogP contribution is 2.41. The highest BCUT2D eigenvalue weighted by atomic mass is 16.5. The minimum Gasteiger partial charge on any atom is -0.504 e. The third-order valence-corrected chi connectivity index (χ3v) is 4.96. The van der Waals surface area contributed by atoms with E-state index in [-0.39, 0.29) is 22.5 Å². The third-order valence-electron chi connectivity index (χ3n) is 4.96. The van der Waals surface area contributed by atoms with Gasteiger partial charge in [0.25, 0.3) is 0 Å². The van der Waals surface area contributed by atoms with Crippen LogP contribution in [0, 0.1) is 0 Å². The number of hydrogen-bond donors (Lipinski definition) is 1. The molecule has 0 atom stereocenters. The van der Waals surface area contributed by atoms with Crippen LogP contribution in [0.4, 0.5) is 0 Å². The molecule has 0 unspecified atom stereocenters. The molecule has 0 radical (unpaired) electrons. The minimum absolute atomic E-state index is 0.0865. The van der Waals surface area contributed by atoms with Crippen LogP contribution in [0.2, 0.25) is 0 Å². The smallest absolute Gasteiger partial charge is 0.311 e. The zero-order valence-electron chi connectivity index (χ0n) is 18.6. The summed E-state index contributed by atoms with van der Waals surface area (Å²) in [6.07, 6.45) is 8.54. The van der Waals surface area contributed by atoms with Gasteiger partial charge >= 0.3 is 5.97 Å². The van der Waals surface area contributed by atoms with E-state index < -0.39 is 0 Å². The second-order valence-corrected chi connectivity index (χ2v) is 9.72. The lowest BCUT2D eigenvalue weighted by atomic mass is 9.80. The summed E-state index contributed by atoms with van der Waals surface area (Å²) in [5, 5.41) is 10.7. The standard InChI is InChI=1S/C24H40O3/c1-8-9-10-11-12-13-14-15-21(25)27-20-17-18(23(2,3)4)16-19(22(20)26)24(5,6)7/h16-17,26H,8-15H2,1-7H3. The van der Waals surface area contributed by atoms with Gasteiger partial charge in [0.1, 0.15) is 0 Å². The quantitative estimate of drug-likeness (QED) is 0.286. The van der Waals surface area contributed by atoms with E-state index in [1.54, 1.807) is 0 Å². The number of phenolic OH excluding ortho intramolecular Hbond substituents is 1. The molecule has 0 saturated carbocycles. The normalized spacial score (nSPS) is 12.3. The van der Waals surface area contributed by atoms with Gasteiger partial charge in [-0.2, -0.15) is 0 Å². The summed E-state index contributed by atoms with van der Waals surface area (Å²) in [5.74, 6) is 0.119. The van der Waals surface area contributed by atoms with Gasteiger partial charge in [-0.05, 0) is 28.9 Å². The van der Waals surface area contributed by atoms with E-state index in [0.29, 0.717) is 12.2 Å². The number of carbonyl (C=O) groups is 1. The van der Waals surface area contributed by atoms with Crippen molar-refractivity contribution in [1.29, 1.82) is 0 Å². The van der Waals surface area contributed by atoms with E-state index >= 15 is 0 Å². The number of phenols is 1. The van der Waals surface area contributed by atoms with Gasteiger partial charge in [-0.25, -0.2) is 0 Å². The SMILES string of the molecule is CCCCCCCCCC(=O)Oc1cc(C(C)(C)C)cc(C(C)(C)C)c1O. The van der Waals surface area contributed by atoms with Gasteiger partial charge in [0.15, 0.2) is 11.5 Å². The van der Waals surface area contributed by atoms with Crippen molar-refractivity contribution in [3.63, 3.8) is 0 Å². The molecule has 0 bridgehead atoms. The first-order valence-corrected chi connectivity index (χ1v) is 10.6. The summed E-state index contributed by atoms with van der Waals surface area (Å²) in [6.45, 7) is 14.7. The molecule has 0 spiro atoms. The Balaban J connectivity index is 2.77. The van der Waals surface area contributed by atoms with Crippen LogP contribution < -0.4 is 4.74 Å². The summed E-state index contributed by atoms with van der Waals surface area (Å²) >= 11 is 0. The zero-order valence-corrected chi connectivity index (χ0v) is 18.6. The number of rotatable bonds is 9. The van der Waals surface area contributed by atoms with E-state index in [1.807, 2.05) is 12.1 Å². The molecule has 1 rings (SSSR count). The van der Waals surface area contributed by atoms with E-state index in [0.717, 1.165) is 24.0 Å². The van der Waals surface area contributed by atoms with Gasteiger partial charge in [-0.3, -0.25) is 4.79 Å². The number of hydrogen-bond acceptors (Lipinski definition) is 3. The zero-order chi connectivity index (χ0) is 20.7. The Morgan fingerprint density at radius 2 is 1.44 bits per heavy atom. The summed E-state index contributed by atoms with van der Waals surface area (Å²) in [7, 11) is 0. The largest absolute Gasteiger partial charge is 0.504 e. The average Bonchev–Trinajstić information content (AvgIpc) is 2.53. The predicted molar refractivity (Wildman–Crippen MR) is 114 cm³/mol. The van der Waals surface area contributed by atoms with Gasteiger partial charge in [0.05, 0.1) is 0 Å². The van der Waals surface area contributed by atoms with Crippen LogP contribution in [0.1, 0.15) is 111 Å². The molecule has 0 saturated heterocycles. The molecule has 1 N–H and O–H groups in total. The Bertz CT molecular complexity index is 603. The fraction of sp³-hybridized carbons (Fsp3) is 0.708. The van der Waals surface area contributed by atoms with Crippen LogP contribution in [0.15, 0.2) is 12.1 Å². The Morgan fingerprint density at radius 1 is 0.889 bits per heavy atom. The lowest BCUT2D eigenvalue weighted by Gasteiger charge is -2.27. The second kappa shape index (κ2) is 10.1. The lowest BCUT2D eigenvalue weighted by molar-refractivity contribution is -0.134. The van der Waals surface area contributed by atoms with Crippen molar-refractivity contribution < 1.29 is 14.6 Å². The molecular weight excluding hydrogens is 336 g/mol. The molecule has 0 amide bonds. The monoisotopic (exact) mass is 376 g/mol. The van der Waals surface area contributed by atoms with Crippen molar-refractivity contribution in [3.05, 3.63) is 23.3 Å². The number of ether oxygens (including phenoxy) is 1. The molecule has 3 nitrogen and oxygen atoms in total. The van der Waals surface area contributed by atoms with Crippen molar-refractivity contribution in [1.82, 2.24) is 0 Å². The number of carbonyl (C=O) groups excluding carboxylic acids is 1. The van der Waals surface area contributed by atoms with Gasteiger partial charge in [0, 0.05) is 12.0 Å². The Hall–Kier alpha value is -1.51. The Morgan fingerprint density at radius 3 is 1.96 bits per heavy atom. The fourth-order valence-electron chi connectivity index (χ4n) is 3.09.